The molecule has 4 rings (SSSR count). The Morgan fingerprint density at radius 1 is 1.38 bits per heavy atom. The summed E-state index contributed by atoms with van der Waals surface area (Å²) in [6.07, 6.45) is 4.18. The molecule has 0 aliphatic heterocycles. The highest BCUT2D eigenvalue weighted by atomic mass is 16.3. The van der Waals surface area contributed by atoms with Gasteiger partial charge in [0.15, 0.2) is 5.78 Å². The Balaban J connectivity index is 1.97. The maximum Gasteiger partial charge on any atom is 0.153 e. The van der Waals surface area contributed by atoms with Gasteiger partial charge < -0.3 is 5.11 Å². The molecule has 5 heteroatoms. The molecule has 0 amide bonds. The monoisotopic (exact) mass is 321 g/mol. The van der Waals surface area contributed by atoms with Gasteiger partial charge in [-0.1, -0.05) is 19.1 Å². The Morgan fingerprint density at radius 3 is 2.83 bits per heavy atom. The van der Waals surface area contributed by atoms with E-state index >= 15 is 0 Å². The van der Waals surface area contributed by atoms with Gasteiger partial charge in [-0.2, -0.15) is 10.4 Å². The number of H-pyrrole nitrogens is 1. The number of aromatic amines is 1. The summed E-state index contributed by atoms with van der Waals surface area (Å²) in [7, 11) is 0. The molecule has 2 aromatic rings. The van der Waals surface area contributed by atoms with Crippen molar-refractivity contribution >= 4 is 5.78 Å². The number of benzene rings is 1. The molecule has 1 heterocycles. The SMILES string of the molecule is C[C@@H]1C(=O)C(C#N)C[C@@]2(c3ccc(O)cc3)c3n[nH]cc3CCC12. The van der Waals surface area contributed by atoms with Gasteiger partial charge in [0.05, 0.1) is 11.8 Å². The summed E-state index contributed by atoms with van der Waals surface area (Å²) in [6.45, 7) is 1.95. The van der Waals surface area contributed by atoms with E-state index in [1.807, 2.05) is 25.3 Å². The molecule has 1 aromatic heterocycles. The van der Waals surface area contributed by atoms with E-state index in [9.17, 15) is 15.2 Å². The Labute approximate surface area is 140 Å². The summed E-state index contributed by atoms with van der Waals surface area (Å²) < 4.78 is 0. The highest BCUT2D eigenvalue weighted by molar-refractivity contribution is 5.87. The van der Waals surface area contributed by atoms with Crippen LogP contribution in [0.1, 0.15) is 36.6 Å². The maximum atomic E-state index is 12.6. The number of carbonyl (C=O) groups is 1. The van der Waals surface area contributed by atoms with Gasteiger partial charge in [-0.25, -0.2) is 0 Å². The summed E-state index contributed by atoms with van der Waals surface area (Å²) in [4.78, 5) is 12.6. The van der Waals surface area contributed by atoms with Crippen LogP contribution in [0.5, 0.6) is 5.75 Å². The quantitative estimate of drug-likeness (QED) is 0.845. The van der Waals surface area contributed by atoms with E-state index in [1.165, 1.54) is 0 Å². The Hall–Kier alpha value is -2.61. The predicted molar refractivity (Wildman–Crippen MR) is 87.2 cm³/mol. The van der Waals surface area contributed by atoms with Gasteiger partial charge in [0.2, 0.25) is 0 Å². The molecule has 0 spiro atoms. The second kappa shape index (κ2) is 5.20. The van der Waals surface area contributed by atoms with E-state index in [4.69, 9.17) is 0 Å². The van der Waals surface area contributed by atoms with E-state index in [-0.39, 0.29) is 23.4 Å². The van der Waals surface area contributed by atoms with Crippen molar-refractivity contribution in [2.75, 3.05) is 0 Å². The zero-order valence-corrected chi connectivity index (χ0v) is 13.5. The first-order chi connectivity index (χ1) is 11.6. The van der Waals surface area contributed by atoms with Gasteiger partial charge in [-0.05, 0) is 48.4 Å². The third kappa shape index (κ3) is 1.86. The normalized spacial score (nSPS) is 31.8. The molecule has 2 aliphatic carbocycles. The third-order valence-corrected chi connectivity index (χ3v) is 5.96. The summed E-state index contributed by atoms with van der Waals surface area (Å²) in [6, 6.07) is 9.36. The fourth-order valence-electron chi connectivity index (χ4n) is 4.82. The summed E-state index contributed by atoms with van der Waals surface area (Å²) in [5, 5.41) is 26.7. The molecule has 1 fully saturated rings. The van der Waals surface area contributed by atoms with Gasteiger partial charge in [0.25, 0.3) is 0 Å². The molecule has 2 N–H and O–H groups in total. The number of rotatable bonds is 1. The van der Waals surface area contributed by atoms with Crippen LogP contribution in [0.15, 0.2) is 30.5 Å². The fourth-order valence-corrected chi connectivity index (χ4v) is 4.82. The zero-order chi connectivity index (χ0) is 16.9. The van der Waals surface area contributed by atoms with Crippen LogP contribution < -0.4 is 0 Å². The Morgan fingerprint density at radius 2 is 2.12 bits per heavy atom. The van der Waals surface area contributed by atoms with E-state index < -0.39 is 11.3 Å². The first-order valence-electron chi connectivity index (χ1n) is 8.34. The van der Waals surface area contributed by atoms with Crippen LogP contribution >= 0.6 is 0 Å². The summed E-state index contributed by atoms with van der Waals surface area (Å²) >= 11 is 0. The minimum Gasteiger partial charge on any atom is -0.508 e. The molecule has 24 heavy (non-hydrogen) atoms. The average molecular weight is 321 g/mol. The van der Waals surface area contributed by atoms with Crippen LogP contribution in [0.25, 0.3) is 0 Å². The van der Waals surface area contributed by atoms with E-state index in [0.29, 0.717) is 6.42 Å². The number of aromatic nitrogens is 2. The predicted octanol–water partition coefficient (Wildman–Crippen LogP) is 2.71. The smallest absolute Gasteiger partial charge is 0.153 e. The van der Waals surface area contributed by atoms with Crippen LogP contribution in [0.2, 0.25) is 0 Å². The van der Waals surface area contributed by atoms with Gasteiger partial charge >= 0.3 is 0 Å². The number of Topliss-reactive ketones (excluding diaryl/α,β-unsaturated/α-hetero) is 1. The lowest BCUT2D eigenvalue weighted by Crippen LogP contribution is -2.52. The Bertz CT molecular complexity index is 833. The molecule has 2 unspecified atom stereocenters. The number of nitrogens with zero attached hydrogens (tertiary/aromatic N) is 2. The van der Waals surface area contributed by atoms with Crippen molar-refractivity contribution < 1.29 is 9.90 Å². The highest BCUT2D eigenvalue weighted by Crippen LogP contribution is 2.55. The van der Waals surface area contributed by atoms with Gasteiger partial charge in [-0.15, -0.1) is 0 Å². The van der Waals surface area contributed by atoms with E-state index in [1.54, 1.807) is 12.1 Å². The second-order valence-corrected chi connectivity index (χ2v) is 7.00. The van der Waals surface area contributed by atoms with Crippen LogP contribution in [-0.4, -0.2) is 21.1 Å². The van der Waals surface area contributed by atoms with Crippen molar-refractivity contribution in [2.24, 2.45) is 17.8 Å². The number of phenols is 1. The Kier molecular flexibility index (Phi) is 3.24. The van der Waals surface area contributed by atoms with Crippen LogP contribution in [-0.2, 0) is 16.6 Å². The minimum atomic E-state index is -0.618. The second-order valence-electron chi connectivity index (χ2n) is 7.00. The molecule has 4 atom stereocenters. The summed E-state index contributed by atoms with van der Waals surface area (Å²) in [5.41, 5.74) is 2.70. The highest BCUT2D eigenvalue weighted by Gasteiger charge is 2.56. The first kappa shape index (κ1) is 14.9. The first-order valence-corrected chi connectivity index (χ1v) is 8.34. The topological polar surface area (TPSA) is 89.8 Å². The molecule has 0 saturated heterocycles. The lowest BCUT2D eigenvalue weighted by Gasteiger charge is -2.50. The van der Waals surface area contributed by atoms with Crippen molar-refractivity contribution in [3.8, 4) is 11.8 Å². The molecular formula is C19H19N3O2. The number of ketones is 1. The standard InChI is InChI=1S/C19H19N3O2/c1-11-16-7-2-12-10-21-22-18(12)19(16,8-13(9-20)17(11)24)14-3-5-15(23)6-4-14/h3-6,10-11,13,16,23H,2,7-8H2,1H3,(H,21,22)/t11-,13?,16?,19-/m0/s1. The number of nitriles is 1. The van der Waals surface area contributed by atoms with Crippen molar-refractivity contribution in [1.29, 1.82) is 5.26 Å². The van der Waals surface area contributed by atoms with Crippen molar-refractivity contribution in [3.63, 3.8) is 0 Å². The number of phenolic OH excluding ortho intramolecular Hbond substituents is 1. The largest absolute Gasteiger partial charge is 0.508 e. The number of hydrogen-bond acceptors (Lipinski definition) is 4. The fraction of sp³-hybridized carbons (Fsp3) is 0.421. The van der Waals surface area contributed by atoms with Gasteiger partial charge in [-0.3, -0.25) is 9.89 Å². The number of carbonyl (C=O) groups excluding carboxylic acids is 1. The number of aromatic hydroxyl groups is 1. The molecule has 5 nitrogen and oxygen atoms in total. The number of aryl methyl sites for hydroxylation is 1. The maximum absolute atomic E-state index is 12.6. The van der Waals surface area contributed by atoms with Crippen LogP contribution in [0, 0.1) is 29.1 Å². The molecule has 0 radical (unpaired) electrons. The zero-order valence-electron chi connectivity index (χ0n) is 13.5. The molecule has 1 saturated carbocycles. The van der Waals surface area contributed by atoms with Crippen molar-refractivity contribution in [1.82, 2.24) is 10.2 Å². The van der Waals surface area contributed by atoms with Crippen LogP contribution in [0.3, 0.4) is 0 Å². The van der Waals surface area contributed by atoms with E-state index in [2.05, 4.69) is 16.3 Å². The number of fused-ring (bicyclic) bond motifs is 3. The van der Waals surface area contributed by atoms with Gasteiger partial charge in [0, 0.05) is 17.5 Å². The molecular weight excluding hydrogens is 302 g/mol. The molecule has 2 aliphatic rings. The molecule has 1 aromatic carbocycles. The van der Waals surface area contributed by atoms with Gasteiger partial charge in [0.1, 0.15) is 11.7 Å². The van der Waals surface area contributed by atoms with E-state index in [0.717, 1.165) is 29.7 Å². The molecule has 0 bridgehead atoms. The average Bonchev–Trinajstić information content (AvgIpc) is 3.08. The van der Waals surface area contributed by atoms with Crippen molar-refractivity contribution in [2.45, 2.75) is 31.6 Å². The lowest BCUT2D eigenvalue weighted by atomic mass is 9.51. The van der Waals surface area contributed by atoms with Crippen molar-refractivity contribution in [3.05, 3.63) is 47.3 Å². The third-order valence-electron chi connectivity index (χ3n) is 5.96. The van der Waals surface area contributed by atoms with Crippen LogP contribution in [0.4, 0.5) is 0 Å². The number of hydrogen-bond donors (Lipinski definition) is 2. The molecule has 122 valence electrons. The number of nitrogens with one attached hydrogen (secondary N) is 1. The lowest BCUT2D eigenvalue weighted by molar-refractivity contribution is -0.131. The minimum absolute atomic E-state index is 0.0517. The summed E-state index contributed by atoms with van der Waals surface area (Å²) in [5.74, 6) is -0.415.